The average Bonchev–Trinajstić information content (AvgIpc) is 2.65. The first-order chi connectivity index (χ1) is 9.65. The highest BCUT2D eigenvalue weighted by molar-refractivity contribution is 7.73. The SMILES string of the molecule is CCCCn1c(N)c(C(=O)N2CCCCCC2)sc1=S. The van der Waals surface area contributed by atoms with Crippen molar-refractivity contribution in [3.05, 3.63) is 8.83 Å². The monoisotopic (exact) mass is 313 g/mol. The molecule has 1 aliphatic heterocycles. The standard InChI is InChI=1S/C14H23N3OS2/c1-2-3-10-17-12(15)11(20-14(17)19)13(18)16-8-6-4-5-7-9-16/h2-10,15H2,1H3. The van der Waals surface area contributed by atoms with E-state index in [9.17, 15) is 4.79 Å². The minimum atomic E-state index is 0.0655. The average molecular weight is 313 g/mol. The van der Waals surface area contributed by atoms with E-state index in [2.05, 4.69) is 6.92 Å². The summed E-state index contributed by atoms with van der Waals surface area (Å²) in [6, 6.07) is 0. The normalized spacial score (nSPS) is 16.1. The second-order valence-corrected chi connectivity index (χ2v) is 6.94. The largest absolute Gasteiger partial charge is 0.384 e. The van der Waals surface area contributed by atoms with Gasteiger partial charge in [0.15, 0.2) is 3.95 Å². The Morgan fingerprint density at radius 1 is 1.30 bits per heavy atom. The molecule has 1 aromatic rings. The highest BCUT2D eigenvalue weighted by Gasteiger charge is 2.23. The number of nitrogens with zero attached hydrogens (tertiary/aromatic N) is 2. The zero-order valence-corrected chi connectivity index (χ0v) is 13.7. The summed E-state index contributed by atoms with van der Waals surface area (Å²) in [6.07, 6.45) is 6.74. The van der Waals surface area contributed by atoms with Gasteiger partial charge in [0.25, 0.3) is 5.91 Å². The number of unbranched alkanes of at least 4 members (excludes halogenated alkanes) is 1. The number of amides is 1. The van der Waals surface area contributed by atoms with E-state index in [-0.39, 0.29) is 5.91 Å². The van der Waals surface area contributed by atoms with Crippen molar-refractivity contribution in [3.8, 4) is 0 Å². The smallest absolute Gasteiger partial charge is 0.267 e. The summed E-state index contributed by atoms with van der Waals surface area (Å²) < 4.78 is 2.63. The topological polar surface area (TPSA) is 51.3 Å². The van der Waals surface area contributed by atoms with Gasteiger partial charge in [0.2, 0.25) is 0 Å². The Bertz CT molecular complexity index is 513. The van der Waals surface area contributed by atoms with E-state index in [1.54, 1.807) is 0 Å². The molecule has 1 saturated heterocycles. The Labute approximate surface area is 129 Å². The Morgan fingerprint density at radius 3 is 2.55 bits per heavy atom. The lowest BCUT2D eigenvalue weighted by Crippen LogP contribution is -2.31. The molecule has 2 heterocycles. The van der Waals surface area contributed by atoms with E-state index >= 15 is 0 Å². The highest BCUT2D eigenvalue weighted by Crippen LogP contribution is 2.25. The van der Waals surface area contributed by atoms with Crippen molar-refractivity contribution < 1.29 is 4.79 Å². The molecule has 1 fully saturated rings. The molecular formula is C14H23N3OS2. The van der Waals surface area contributed by atoms with Crippen molar-refractivity contribution in [1.29, 1.82) is 0 Å². The van der Waals surface area contributed by atoms with Gasteiger partial charge in [-0.15, -0.1) is 0 Å². The molecule has 4 nitrogen and oxygen atoms in total. The summed E-state index contributed by atoms with van der Waals surface area (Å²) in [6.45, 7) is 4.64. The molecule has 0 aromatic carbocycles. The Hall–Kier alpha value is -0.880. The minimum Gasteiger partial charge on any atom is -0.384 e. The van der Waals surface area contributed by atoms with E-state index in [4.69, 9.17) is 18.0 Å². The van der Waals surface area contributed by atoms with Crippen LogP contribution >= 0.6 is 23.6 Å². The number of aromatic nitrogens is 1. The third-order valence-corrected chi connectivity index (χ3v) is 5.21. The summed E-state index contributed by atoms with van der Waals surface area (Å²) in [7, 11) is 0. The number of carbonyl (C=O) groups excluding carboxylic acids is 1. The van der Waals surface area contributed by atoms with Crippen molar-refractivity contribution in [2.45, 2.75) is 52.0 Å². The van der Waals surface area contributed by atoms with Gasteiger partial charge in [-0.1, -0.05) is 37.5 Å². The van der Waals surface area contributed by atoms with E-state index in [0.29, 0.717) is 14.6 Å². The molecule has 0 unspecified atom stereocenters. The fraction of sp³-hybridized carbons (Fsp3) is 0.714. The predicted molar refractivity (Wildman–Crippen MR) is 86.8 cm³/mol. The number of likely N-dealkylation sites (tertiary alicyclic amines) is 1. The third-order valence-electron chi connectivity index (χ3n) is 3.76. The molecule has 2 rings (SSSR count). The van der Waals surface area contributed by atoms with Crippen LogP contribution in [0.1, 0.15) is 55.1 Å². The molecule has 20 heavy (non-hydrogen) atoms. The number of hydrogen-bond donors (Lipinski definition) is 1. The van der Waals surface area contributed by atoms with E-state index in [1.165, 1.54) is 24.2 Å². The molecule has 1 aromatic heterocycles. The number of nitrogens with two attached hydrogens (primary N) is 1. The van der Waals surface area contributed by atoms with Gasteiger partial charge in [0.05, 0.1) is 0 Å². The van der Waals surface area contributed by atoms with Crippen LogP contribution in [0.4, 0.5) is 5.82 Å². The molecular weight excluding hydrogens is 290 g/mol. The summed E-state index contributed by atoms with van der Waals surface area (Å²) in [5, 5.41) is 0. The number of nitrogen functional groups attached to an aromatic ring is 1. The zero-order valence-electron chi connectivity index (χ0n) is 12.1. The predicted octanol–water partition coefficient (Wildman–Crippen LogP) is 3.68. The first kappa shape index (κ1) is 15.5. The number of thiazole rings is 1. The summed E-state index contributed by atoms with van der Waals surface area (Å²) in [5.41, 5.74) is 6.15. The van der Waals surface area contributed by atoms with Crippen LogP contribution in [0.5, 0.6) is 0 Å². The molecule has 112 valence electrons. The van der Waals surface area contributed by atoms with Gasteiger partial charge in [-0.2, -0.15) is 0 Å². The third kappa shape index (κ3) is 3.41. The van der Waals surface area contributed by atoms with Crippen LogP contribution in [0, 0.1) is 3.95 Å². The van der Waals surface area contributed by atoms with Crippen LogP contribution in [0.3, 0.4) is 0 Å². The second-order valence-electron chi connectivity index (χ2n) is 5.29. The molecule has 0 atom stereocenters. The van der Waals surface area contributed by atoms with Gasteiger partial charge >= 0.3 is 0 Å². The van der Waals surface area contributed by atoms with E-state index in [0.717, 1.165) is 45.3 Å². The maximum Gasteiger partial charge on any atom is 0.267 e. The van der Waals surface area contributed by atoms with Crippen LogP contribution in [0.2, 0.25) is 0 Å². The maximum absolute atomic E-state index is 12.6. The molecule has 1 amide bonds. The highest BCUT2D eigenvalue weighted by atomic mass is 32.1. The van der Waals surface area contributed by atoms with Crippen LogP contribution in [0.15, 0.2) is 0 Å². The van der Waals surface area contributed by atoms with E-state index in [1.807, 2.05) is 9.47 Å². The quantitative estimate of drug-likeness (QED) is 0.863. The fourth-order valence-corrected chi connectivity index (χ4v) is 3.86. The fourth-order valence-electron chi connectivity index (χ4n) is 2.51. The van der Waals surface area contributed by atoms with Crippen LogP contribution in [-0.2, 0) is 6.54 Å². The number of carbonyl (C=O) groups is 1. The molecule has 2 N–H and O–H groups in total. The van der Waals surface area contributed by atoms with Crippen molar-refractivity contribution >= 4 is 35.3 Å². The Balaban J connectivity index is 2.19. The van der Waals surface area contributed by atoms with Crippen LogP contribution < -0.4 is 5.73 Å². The van der Waals surface area contributed by atoms with Crippen LogP contribution in [0.25, 0.3) is 0 Å². The van der Waals surface area contributed by atoms with Gasteiger partial charge in [-0.05, 0) is 31.5 Å². The Morgan fingerprint density at radius 2 is 1.95 bits per heavy atom. The molecule has 0 saturated carbocycles. The molecule has 0 spiro atoms. The molecule has 0 radical (unpaired) electrons. The van der Waals surface area contributed by atoms with Gasteiger partial charge in [-0.3, -0.25) is 4.79 Å². The number of rotatable bonds is 4. The first-order valence-corrected chi connectivity index (χ1v) is 8.66. The van der Waals surface area contributed by atoms with Crippen LogP contribution in [-0.4, -0.2) is 28.5 Å². The lowest BCUT2D eigenvalue weighted by molar-refractivity contribution is 0.0767. The van der Waals surface area contributed by atoms with Gasteiger partial charge < -0.3 is 15.2 Å². The number of anilines is 1. The van der Waals surface area contributed by atoms with Gasteiger partial charge in [0.1, 0.15) is 10.7 Å². The van der Waals surface area contributed by atoms with Gasteiger partial charge in [0, 0.05) is 19.6 Å². The summed E-state index contributed by atoms with van der Waals surface area (Å²) >= 11 is 6.71. The van der Waals surface area contributed by atoms with Crippen molar-refractivity contribution in [2.24, 2.45) is 0 Å². The summed E-state index contributed by atoms with van der Waals surface area (Å²) in [5.74, 6) is 0.624. The van der Waals surface area contributed by atoms with Crippen molar-refractivity contribution in [3.63, 3.8) is 0 Å². The van der Waals surface area contributed by atoms with Crippen molar-refractivity contribution in [1.82, 2.24) is 9.47 Å². The van der Waals surface area contributed by atoms with Crippen molar-refractivity contribution in [2.75, 3.05) is 18.8 Å². The Kier molecular flexibility index (Phi) is 5.60. The molecule has 6 heteroatoms. The molecule has 0 bridgehead atoms. The number of hydrogen-bond acceptors (Lipinski definition) is 4. The first-order valence-electron chi connectivity index (χ1n) is 7.43. The maximum atomic E-state index is 12.6. The van der Waals surface area contributed by atoms with E-state index < -0.39 is 0 Å². The molecule has 1 aliphatic rings. The van der Waals surface area contributed by atoms with Gasteiger partial charge in [-0.25, -0.2) is 0 Å². The summed E-state index contributed by atoms with van der Waals surface area (Å²) in [4.78, 5) is 15.2. The lowest BCUT2D eigenvalue weighted by Gasteiger charge is -2.19. The second kappa shape index (κ2) is 7.22. The zero-order chi connectivity index (χ0) is 14.5. The lowest BCUT2D eigenvalue weighted by atomic mass is 10.2. The minimum absolute atomic E-state index is 0.0655. The molecule has 0 aliphatic carbocycles.